The Balaban J connectivity index is 0.866. The number of aromatic nitrogens is 2. The van der Waals surface area contributed by atoms with E-state index in [9.17, 15) is 19.2 Å². The summed E-state index contributed by atoms with van der Waals surface area (Å²) in [7, 11) is 2.83. The summed E-state index contributed by atoms with van der Waals surface area (Å²) < 4.78 is 57.1. The normalized spacial score (nSPS) is 25.8. The van der Waals surface area contributed by atoms with E-state index in [2.05, 4.69) is 10.6 Å². The fourth-order valence-electron chi connectivity index (χ4n) is 12.2. The number of imidazole rings is 1. The Labute approximate surface area is 423 Å². The van der Waals surface area contributed by atoms with E-state index in [1.54, 1.807) is 75.4 Å². The number of ether oxygens (including phenoxy) is 4. The van der Waals surface area contributed by atoms with E-state index in [0.717, 1.165) is 37.9 Å². The van der Waals surface area contributed by atoms with Gasteiger partial charge in [-0.05, 0) is 135 Å². The lowest BCUT2D eigenvalue weighted by molar-refractivity contribution is -0.435. The molecular weight excluding hydrogens is 939 g/mol. The number of fused-ring (bicyclic) bond motifs is 6. The molecule has 3 aromatic carbocycles. The second-order valence-corrected chi connectivity index (χ2v) is 22.9. The minimum absolute atomic E-state index is 0.000451. The monoisotopic (exact) mass is 1000 g/mol. The summed E-state index contributed by atoms with van der Waals surface area (Å²) in [5.74, 6) is -2.80. The van der Waals surface area contributed by atoms with Gasteiger partial charge in [0.1, 0.15) is 23.5 Å². The molecule has 16 nitrogen and oxygen atoms in total. The Bertz CT molecular complexity index is 3010. The number of carbonyl (C=O) groups is 4. The molecule has 73 heavy (non-hydrogen) atoms. The van der Waals surface area contributed by atoms with Gasteiger partial charge in [0.25, 0.3) is 5.92 Å². The first kappa shape index (κ1) is 49.1. The van der Waals surface area contributed by atoms with Crippen LogP contribution in [0.5, 0.6) is 0 Å². The van der Waals surface area contributed by atoms with Gasteiger partial charge in [-0.1, -0.05) is 52.0 Å². The number of rotatable bonds is 12. The molecule has 8 atom stereocenters. The maximum atomic E-state index is 17.0. The average molecular weight is 1000 g/mol. The molecule has 3 aliphatic carbocycles. The van der Waals surface area contributed by atoms with Crippen molar-refractivity contribution in [3.63, 3.8) is 0 Å². The highest BCUT2D eigenvalue weighted by Gasteiger charge is 2.58. The third-order valence-electron chi connectivity index (χ3n) is 16.1. The van der Waals surface area contributed by atoms with Crippen molar-refractivity contribution in [3.05, 3.63) is 83.3 Å². The zero-order chi connectivity index (χ0) is 51.6. The SMILES string of the molecule is COC(=O)NC(C(=O)N1C2CCC(C2)C1c1nc2ccc(-c3ccc4c(c3)C(F)(F)c3cc(C5=CN=C(C6CC7(CC7)CN6C(=O)[C@@H](NC6OC6OC)C(C)C)[NH2+]5)ccc3-4)cc2n1C(=O)OC(C)(C)C)C(C)C. The molecule has 11 rings (SSSR count). The molecule has 2 saturated carbocycles. The first-order chi connectivity index (χ1) is 34.7. The molecule has 5 fully saturated rings. The molecule has 7 aliphatic rings. The standard InChI is InChI=1S/C55H64F2N8O8/c1-27(2)42(61-47-50(70-8)72-47)48(66)63-26-54(18-19-54)24-41(63)45-58-25-39(59-45)31-12-16-35-34-15-11-29(21-36(34)55(56,57)37(35)22-31)30-13-17-38-40(23-30)65(52(69)73-53(5,6)7)46(60-38)44-32-10-14-33(20-32)64(44)49(67)43(28(3)4)62-51(68)71-9/h11-13,15-17,21-23,25,27-28,32-33,41-44,47,50,61H,10,14,18-20,24,26H2,1-9H3,(H,58,59)(H,62,68)/p+1/t32?,33?,41?,42-,43?,44?,47?,50?/m0/s1. The quantitative estimate of drug-likeness (QED) is 0.119. The van der Waals surface area contributed by atoms with E-state index in [1.807, 2.05) is 50.0 Å². The molecule has 4 N–H and O–H groups in total. The second kappa shape index (κ2) is 17.8. The van der Waals surface area contributed by atoms with E-state index in [0.29, 0.717) is 63.3 Å². The third kappa shape index (κ3) is 8.60. The fraction of sp³-hybridized carbons (Fsp3) is 0.527. The number of hydrogen-bond acceptors (Lipinski definition) is 11. The number of likely N-dealkylation sites (tertiary alicyclic amines) is 2. The van der Waals surface area contributed by atoms with Crippen LogP contribution < -0.4 is 16.0 Å². The summed E-state index contributed by atoms with van der Waals surface area (Å²) in [6.45, 7) is 13.7. The van der Waals surface area contributed by atoms with Crippen LogP contribution >= 0.6 is 0 Å². The van der Waals surface area contributed by atoms with Crippen LogP contribution in [0, 0.1) is 23.2 Å². The Morgan fingerprint density at radius 2 is 1.55 bits per heavy atom. The van der Waals surface area contributed by atoms with Crippen LogP contribution in [0.1, 0.15) is 116 Å². The minimum Gasteiger partial charge on any atom is -0.453 e. The van der Waals surface area contributed by atoms with Crippen LogP contribution in [0.15, 0.2) is 65.8 Å². The van der Waals surface area contributed by atoms with E-state index >= 15 is 8.78 Å². The van der Waals surface area contributed by atoms with Crippen molar-refractivity contribution in [2.45, 2.75) is 141 Å². The van der Waals surface area contributed by atoms with Crippen LogP contribution in [-0.2, 0) is 34.5 Å². The van der Waals surface area contributed by atoms with Crippen molar-refractivity contribution in [2.24, 2.45) is 28.2 Å². The Kier molecular flexibility index (Phi) is 12.0. The summed E-state index contributed by atoms with van der Waals surface area (Å²) >= 11 is 0. The summed E-state index contributed by atoms with van der Waals surface area (Å²) in [5, 5.41) is 8.01. The molecule has 2 bridgehead atoms. The number of amidine groups is 1. The van der Waals surface area contributed by atoms with Crippen molar-refractivity contribution in [3.8, 4) is 22.3 Å². The number of epoxide rings is 1. The summed E-state index contributed by atoms with van der Waals surface area (Å²) in [6.07, 6.45) is 4.82. The maximum absolute atomic E-state index is 17.0. The molecular formula is C55H65F2N8O8+. The van der Waals surface area contributed by atoms with E-state index in [4.69, 9.17) is 28.9 Å². The number of methoxy groups -OCH3 is 2. The lowest BCUT2D eigenvalue weighted by Crippen LogP contribution is -2.87. The fourth-order valence-corrected chi connectivity index (χ4v) is 12.2. The van der Waals surface area contributed by atoms with Gasteiger partial charge in [-0.25, -0.2) is 24.1 Å². The molecule has 0 radical (unpaired) electrons. The van der Waals surface area contributed by atoms with E-state index < -0.39 is 41.8 Å². The van der Waals surface area contributed by atoms with Gasteiger partial charge in [0.2, 0.25) is 17.6 Å². The number of piperidine rings is 1. The van der Waals surface area contributed by atoms with Gasteiger partial charge in [0.05, 0.1) is 36.4 Å². The number of aliphatic imine (C=N–C) groups is 1. The highest BCUT2D eigenvalue weighted by atomic mass is 19.3. The molecule has 1 aromatic heterocycles. The van der Waals surface area contributed by atoms with Crippen molar-refractivity contribution in [1.29, 1.82) is 0 Å². The van der Waals surface area contributed by atoms with Gasteiger partial charge in [-0.2, -0.15) is 8.78 Å². The molecule has 7 unspecified atom stereocenters. The van der Waals surface area contributed by atoms with Gasteiger partial charge >= 0.3 is 12.2 Å². The van der Waals surface area contributed by atoms with Gasteiger partial charge < -0.3 is 34.1 Å². The summed E-state index contributed by atoms with van der Waals surface area (Å²) in [4.78, 5) is 69.2. The van der Waals surface area contributed by atoms with Gasteiger partial charge in [0, 0.05) is 36.4 Å². The predicted octanol–water partition coefficient (Wildman–Crippen LogP) is 7.64. The van der Waals surface area contributed by atoms with Crippen molar-refractivity contribution >= 4 is 46.6 Å². The molecule has 3 amide bonds. The zero-order valence-corrected chi connectivity index (χ0v) is 42.8. The van der Waals surface area contributed by atoms with Crippen LogP contribution in [0.4, 0.5) is 18.4 Å². The van der Waals surface area contributed by atoms with Crippen molar-refractivity contribution in [1.82, 2.24) is 30.0 Å². The number of quaternary nitrogens is 1. The van der Waals surface area contributed by atoms with Crippen LogP contribution in [0.2, 0.25) is 0 Å². The summed E-state index contributed by atoms with van der Waals surface area (Å²) in [5.41, 5.74) is 3.12. The Hall–Kier alpha value is -6.08. The number of carbonyl (C=O) groups excluding carboxylic acids is 4. The predicted molar refractivity (Wildman–Crippen MR) is 267 cm³/mol. The first-order valence-corrected chi connectivity index (χ1v) is 25.7. The highest BCUT2D eigenvalue weighted by Crippen LogP contribution is 2.56. The molecule has 3 saturated heterocycles. The molecule has 4 aliphatic heterocycles. The zero-order valence-electron chi connectivity index (χ0n) is 42.8. The lowest BCUT2D eigenvalue weighted by Gasteiger charge is -2.38. The third-order valence-corrected chi connectivity index (χ3v) is 16.1. The number of alkyl carbamates (subject to hydrolysis) is 1. The van der Waals surface area contributed by atoms with Gasteiger partial charge in [0.15, 0.2) is 18.2 Å². The number of halogens is 2. The summed E-state index contributed by atoms with van der Waals surface area (Å²) in [6, 6.07) is 13.3. The Morgan fingerprint density at radius 3 is 2.19 bits per heavy atom. The molecule has 18 heteroatoms. The van der Waals surface area contributed by atoms with E-state index in [-0.39, 0.29) is 70.7 Å². The maximum Gasteiger partial charge on any atom is 0.420 e. The number of amides is 3. The van der Waals surface area contributed by atoms with Gasteiger partial charge in [-0.3, -0.25) is 20.2 Å². The highest BCUT2D eigenvalue weighted by molar-refractivity contribution is 5.95. The van der Waals surface area contributed by atoms with Crippen LogP contribution in [0.25, 0.3) is 39.0 Å². The molecule has 386 valence electrons. The lowest BCUT2D eigenvalue weighted by atomic mass is 9.95. The Morgan fingerprint density at radius 1 is 0.877 bits per heavy atom. The minimum atomic E-state index is -3.34. The van der Waals surface area contributed by atoms with Crippen LogP contribution in [-0.4, -0.2) is 112 Å². The smallest absolute Gasteiger partial charge is 0.420 e. The molecule has 4 aromatic rings. The molecule has 5 heterocycles. The number of alkyl halides is 2. The van der Waals surface area contributed by atoms with Crippen LogP contribution in [0.3, 0.4) is 0 Å². The van der Waals surface area contributed by atoms with Gasteiger partial charge in [-0.15, -0.1) is 0 Å². The van der Waals surface area contributed by atoms with Crippen molar-refractivity contribution < 1.29 is 52.2 Å². The van der Waals surface area contributed by atoms with Crippen molar-refractivity contribution in [2.75, 3.05) is 20.8 Å². The average Bonchev–Trinajstić information content (AvgIpc) is 3.76. The topological polar surface area (TPSA) is 186 Å². The number of nitrogens with one attached hydrogen (secondary N) is 2. The van der Waals surface area contributed by atoms with E-state index in [1.165, 1.54) is 17.7 Å². The largest absolute Gasteiger partial charge is 0.453 e. The first-order valence-electron chi connectivity index (χ1n) is 25.7. The molecule has 1 spiro atoms. The number of nitrogens with two attached hydrogens (primary N) is 1. The number of hydrogen-bond donors (Lipinski definition) is 3. The number of nitrogens with zero attached hydrogens (tertiary/aromatic N) is 5. The number of benzene rings is 3. The second-order valence-electron chi connectivity index (χ2n) is 22.9.